The number of nitrogens with zero attached hydrogens (tertiary/aromatic N) is 8. The van der Waals surface area contributed by atoms with Crippen LogP contribution in [0.4, 0.5) is 10.2 Å². The van der Waals surface area contributed by atoms with Gasteiger partial charge in [-0.1, -0.05) is 6.07 Å². The van der Waals surface area contributed by atoms with E-state index in [9.17, 15) is 14.3 Å². The number of benzene rings is 2. The van der Waals surface area contributed by atoms with Crippen LogP contribution >= 0.6 is 0 Å². The van der Waals surface area contributed by atoms with Gasteiger partial charge in [-0.25, -0.2) is 19.2 Å². The van der Waals surface area contributed by atoms with Gasteiger partial charge in [-0.3, -0.25) is 9.88 Å². The number of halogens is 1. The highest BCUT2D eigenvalue weighted by Gasteiger charge is 2.22. The molecule has 1 aliphatic rings. The van der Waals surface area contributed by atoms with E-state index in [0.717, 1.165) is 18.9 Å². The normalized spacial score (nSPS) is 13.8. The average molecular weight is 569 g/mol. The molecule has 0 aliphatic carbocycles. The number of carboxylic acids is 1. The number of carboxylic acid groups (broad SMARTS) is 1. The number of anilines is 1. The first-order valence-electron chi connectivity index (χ1n) is 13.2. The fourth-order valence-electron chi connectivity index (χ4n) is 4.85. The SMILES string of the molecule is N#Cc1ccc(COc2cncc(N3CCN(Cc4nc5ccc(C(=O)O)cc5n4Cc4ncco4)CC3)n2)c(F)c1. The second-order valence-electron chi connectivity index (χ2n) is 9.73. The maximum absolute atomic E-state index is 14.2. The standard InChI is InChI=1S/C29H25FN8O4/c30-22-11-19(13-31)1-2-21(22)18-42-27-15-32-14-25(35-27)37-8-6-36(7-9-37)16-26-34-23-4-3-20(29(39)40)12-24(23)38(26)17-28-33-5-10-41-28/h1-5,10-12,14-15H,6-9,16-18H2,(H,39,40). The highest BCUT2D eigenvalue weighted by molar-refractivity contribution is 5.92. The summed E-state index contributed by atoms with van der Waals surface area (Å²) in [5, 5.41) is 18.4. The van der Waals surface area contributed by atoms with Crippen molar-refractivity contribution in [3.63, 3.8) is 0 Å². The fourth-order valence-corrected chi connectivity index (χ4v) is 4.85. The van der Waals surface area contributed by atoms with Gasteiger partial charge in [0.2, 0.25) is 11.8 Å². The van der Waals surface area contributed by atoms with Crippen molar-refractivity contribution in [1.82, 2.24) is 29.4 Å². The van der Waals surface area contributed by atoms with Crippen LogP contribution < -0.4 is 9.64 Å². The zero-order chi connectivity index (χ0) is 29.1. The fraction of sp³-hybridized carbons (Fsp3) is 0.241. The summed E-state index contributed by atoms with van der Waals surface area (Å²) in [6.07, 6.45) is 6.23. The molecule has 4 heterocycles. The van der Waals surface area contributed by atoms with Crippen LogP contribution in [0.15, 0.2) is 65.7 Å². The lowest BCUT2D eigenvalue weighted by Crippen LogP contribution is -2.46. The number of carbonyl (C=O) groups is 1. The predicted molar refractivity (Wildman–Crippen MR) is 147 cm³/mol. The van der Waals surface area contributed by atoms with Gasteiger partial charge in [0, 0.05) is 31.7 Å². The Kier molecular flexibility index (Phi) is 7.44. The molecule has 13 heteroatoms. The number of nitriles is 1. The summed E-state index contributed by atoms with van der Waals surface area (Å²) in [4.78, 5) is 33.8. The molecule has 0 saturated carbocycles. The quantitative estimate of drug-likeness (QED) is 0.279. The lowest BCUT2D eigenvalue weighted by atomic mass is 10.1. The number of piperazine rings is 1. The lowest BCUT2D eigenvalue weighted by Gasteiger charge is -2.35. The Morgan fingerprint density at radius 2 is 1.95 bits per heavy atom. The van der Waals surface area contributed by atoms with E-state index in [4.69, 9.17) is 19.4 Å². The highest BCUT2D eigenvalue weighted by Crippen LogP contribution is 2.23. The summed E-state index contributed by atoms with van der Waals surface area (Å²) in [6.45, 7) is 3.67. The Balaban J connectivity index is 1.12. The molecule has 0 unspecified atom stereocenters. The number of rotatable bonds is 9. The first-order chi connectivity index (χ1) is 20.5. The number of ether oxygens (including phenoxy) is 1. The van der Waals surface area contributed by atoms with Gasteiger partial charge in [-0.05, 0) is 30.3 Å². The molecule has 1 saturated heterocycles. The molecule has 212 valence electrons. The molecule has 5 aromatic rings. The Bertz CT molecular complexity index is 1770. The molecule has 0 bridgehead atoms. The Morgan fingerprint density at radius 1 is 1.10 bits per heavy atom. The van der Waals surface area contributed by atoms with Crippen LogP contribution in [-0.4, -0.2) is 66.7 Å². The molecule has 0 atom stereocenters. The van der Waals surface area contributed by atoms with Gasteiger partial charge >= 0.3 is 5.97 Å². The van der Waals surface area contributed by atoms with E-state index in [2.05, 4.69) is 24.8 Å². The van der Waals surface area contributed by atoms with Crippen LogP contribution in [0, 0.1) is 17.1 Å². The van der Waals surface area contributed by atoms with Gasteiger partial charge < -0.3 is 23.7 Å². The molecule has 3 aromatic heterocycles. The van der Waals surface area contributed by atoms with Crippen molar-refractivity contribution < 1.29 is 23.4 Å². The van der Waals surface area contributed by atoms with Gasteiger partial charge in [0.25, 0.3) is 0 Å². The highest BCUT2D eigenvalue weighted by atomic mass is 19.1. The molecule has 0 radical (unpaired) electrons. The maximum Gasteiger partial charge on any atom is 0.335 e. The Morgan fingerprint density at radius 3 is 2.69 bits per heavy atom. The van der Waals surface area contributed by atoms with Crippen molar-refractivity contribution in [3.05, 3.63) is 95.5 Å². The van der Waals surface area contributed by atoms with Crippen LogP contribution in [-0.2, 0) is 19.7 Å². The zero-order valence-corrected chi connectivity index (χ0v) is 22.4. The first-order valence-corrected chi connectivity index (χ1v) is 13.2. The van der Waals surface area contributed by atoms with Crippen LogP contribution in [0.2, 0.25) is 0 Å². The topological polar surface area (TPSA) is 146 Å². The number of aromatic carboxylic acids is 1. The molecule has 1 aliphatic heterocycles. The molecule has 12 nitrogen and oxygen atoms in total. The summed E-state index contributed by atoms with van der Waals surface area (Å²) in [7, 11) is 0. The minimum absolute atomic E-state index is 0.0358. The maximum atomic E-state index is 14.2. The minimum atomic E-state index is -1.00. The number of imidazole rings is 1. The third kappa shape index (κ3) is 5.74. The van der Waals surface area contributed by atoms with Crippen molar-refractivity contribution in [3.8, 4) is 11.9 Å². The second-order valence-corrected chi connectivity index (χ2v) is 9.73. The number of hydrogen-bond acceptors (Lipinski definition) is 10. The Labute approximate surface area is 239 Å². The number of hydrogen-bond donors (Lipinski definition) is 1. The van der Waals surface area contributed by atoms with Gasteiger partial charge in [0.15, 0.2) is 5.82 Å². The lowest BCUT2D eigenvalue weighted by molar-refractivity contribution is 0.0697. The van der Waals surface area contributed by atoms with E-state index in [1.54, 1.807) is 36.7 Å². The van der Waals surface area contributed by atoms with Gasteiger partial charge in [-0.2, -0.15) is 10.2 Å². The summed E-state index contributed by atoms with van der Waals surface area (Å²) >= 11 is 0. The van der Waals surface area contributed by atoms with Crippen LogP contribution in [0.25, 0.3) is 11.0 Å². The second kappa shape index (κ2) is 11.6. The summed E-state index contributed by atoms with van der Waals surface area (Å²) < 4.78 is 27.3. The van der Waals surface area contributed by atoms with E-state index >= 15 is 0 Å². The van der Waals surface area contributed by atoms with Crippen molar-refractivity contribution in [2.45, 2.75) is 19.7 Å². The van der Waals surface area contributed by atoms with Gasteiger partial charge in [0.1, 0.15) is 31.1 Å². The summed E-state index contributed by atoms with van der Waals surface area (Å²) in [5.41, 5.74) is 2.16. The average Bonchev–Trinajstić information content (AvgIpc) is 3.65. The van der Waals surface area contributed by atoms with E-state index in [0.29, 0.717) is 54.5 Å². The largest absolute Gasteiger partial charge is 0.478 e. The number of fused-ring (bicyclic) bond motifs is 1. The van der Waals surface area contributed by atoms with Gasteiger partial charge in [0.05, 0.1) is 53.4 Å². The van der Waals surface area contributed by atoms with Gasteiger partial charge in [-0.15, -0.1) is 0 Å². The molecule has 0 amide bonds. The van der Waals surface area contributed by atoms with Crippen molar-refractivity contribution in [2.24, 2.45) is 0 Å². The first kappa shape index (κ1) is 26.9. The molecule has 2 aromatic carbocycles. The molecule has 1 fully saturated rings. The monoisotopic (exact) mass is 568 g/mol. The van der Waals surface area contributed by atoms with E-state index in [1.165, 1.54) is 24.6 Å². The molecule has 6 rings (SSSR count). The molecular formula is C29H25FN8O4. The van der Waals surface area contributed by atoms with Crippen molar-refractivity contribution in [2.75, 3.05) is 31.1 Å². The molecular weight excluding hydrogens is 543 g/mol. The summed E-state index contributed by atoms with van der Waals surface area (Å²) in [5.74, 6) is 0.709. The van der Waals surface area contributed by atoms with Crippen molar-refractivity contribution in [1.29, 1.82) is 5.26 Å². The number of oxazole rings is 1. The van der Waals surface area contributed by atoms with E-state index < -0.39 is 11.8 Å². The zero-order valence-electron chi connectivity index (χ0n) is 22.4. The Hall–Kier alpha value is -5.35. The van der Waals surface area contributed by atoms with E-state index in [-0.39, 0.29) is 23.6 Å². The third-order valence-corrected chi connectivity index (χ3v) is 7.07. The van der Waals surface area contributed by atoms with E-state index in [1.807, 2.05) is 10.6 Å². The molecule has 0 spiro atoms. The summed E-state index contributed by atoms with van der Waals surface area (Å²) in [6, 6.07) is 11.0. The number of aromatic nitrogens is 5. The third-order valence-electron chi connectivity index (χ3n) is 7.07. The molecule has 42 heavy (non-hydrogen) atoms. The van der Waals surface area contributed by atoms with Crippen molar-refractivity contribution >= 4 is 22.8 Å². The molecule has 1 N–H and O–H groups in total. The smallest absolute Gasteiger partial charge is 0.335 e. The van der Waals surface area contributed by atoms with Crippen LogP contribution in [0.1, 0.15) is 33.2 Å². The predicted octanol–water partition coefficient (Wildman–Crippen LogP) is 3.47. The van der Waals surface area contributed by atoms with Crippen LogP contribution in [0.3, 0.4) is 0 Å². The minimum Gasteiger partial charge on any atom is -0.478 e. The van der Waals surface area contributed by atoms with Crippen LogP contribution in [0.5, 0.6) is 5.88 Å².